The van der Waals surface area contributed by atoms with Gasteiger partial charge in [-0.25, -0.2) is 9.78 Å². The smallest absolute Gasteiger partial charge is 0.373 e. The number of carboxylic acid groups (broad SMARTS) is 1. The van der Waals surface area contributed by atoms with Gasteiger partial charge in [-0.05, 0) is 18.2 Å². The van der Waals surface area contributed by atoms with E-state index in [0.29, 0.717) is 15.6 Å². The molecule has 0 aliphatic heterocycles. The van der Waals surface area contributed by atoms with E-state index < -0.39 is 5.97 Å². The topological polar surface area (TPSA) is 72.6 Å². The van der Waals surface area contributed by atoms with Crippen molar-refractivity contribution >= 4 is 29.2 Å². The lowest BCUT2D eigenvalue weighted by atomic mass is 10.2. The number of hydrogen-bond donors (Lipinski definition) is 1. The second-order valence-corrected chi connectivity index (χ2v) is 4.56. The van der Waals surface area contributed by atoms with Gasteiger partial charge in [0.2, 0.25) is 11.7 Å². The van der Waals surface area contributed by atoms with Gasteiger partial charge in [0.1, 0.15) is 5.69 Å². The van der Waals surface area contributed by atoms with E-state index in [2.05, 4.69) is 4.98 Å². The monoisotopic (exact) mass is 301 g/mol. The molecule has 1 aromatic carbocycles. The Morgan fingerprint density at radius 1 is 1.37 bits per heavy atom. The molecule has 1 N–H and O–H groups in total. The zero-order valence-corrected chi connectivity index (χ0v) is 11.3. The number of nitrogens with zero attached hydrogens (tertiary/aromatic N) is 1. The van der Waals surface area contributed by atoms with Gasteiger partial charge in [0, 0.05) is 22.7 Å². The van der Waals surface area contributed by atoms with E-state index in [4.69, 9.17) is 37.5 Å². The molecule has 100 valence electrons. The van der Waals surface area contributed by atoms with Crippen LogP contribution < -0.4 is 0 Å². The summed E-state index contributed by atoms with van der Waals surface area (Å²) in [4.78, 5) is 15.1. The highest BCUT2D eigenvalue weighted by Gasteiger charge is 2.20. The van der Waals surface area contributed by atoms with Crippen molar-refractivity contribution in [2.75, 3.05) is 7.11 Å². The van der Waals surface area contributed by atoms with Crippen LogP contribution in [0.4, 0.5) is 0 Å². The number of carbonyl (C=O) groups is 1. The van der Waals surface area contributed by atoms with Crippen molar-refractivity contribution in [3.8, 4) is 11.5 Å². The van der Waals surface area contributed by atoms with Crippen LogP contribution >= 0.6 is 23.2 Å². The highest BCUT2D eigenvalue weighted by Crippen LogP contribution is 2.28. The van der Waals surface area contributed by atoms with Gasteiger partial charge in [-0.15, -0.1) is 0 Å². The van der Waals surface area contributed by atoms with E-state index in [1.807, 2.05) is 0 Å². The third-order valence-corrected chi connectivity index (χ3v) is 2.72. The van der Waals surface area contributed by atoms with Gasteiger partial charge in [-0.1, -0.05) is 23.2 Å². The van der Waals surface area contributed by atoms with Gasteiger partial charge in [0.05, 0.1) is 6.61 Å². The summed E-state index contributed by atoms with van der Waals surface area (Å²) < 4.78 is 10.1. The molecular weight excluding hydrogens is 293 g/mol. The second kappa shape index (κ2) is 5.61. The standard InChI is InChI=1S/C12H9Cl2NO4/c1-18-5-9-10(12(16)17)19-11(15-9)6-2-7(13)4-8(14)3-6/h2-4H,5H2,1H3,(H,16,17). The summed E-state index contributed by atoms with van der Waals surface area (Å²) in [7, 11) is 1.44. The SMILES string of the molecule is COCc1nc(-c2cc(Cl)cc(Cl)c2)oc1C(=O)O. The van der Waals surface area contributed by atoms with Crippen LogP contribution in [0.1, 0.15) is 16.2 Å². The highest BCUT2D eigenvalue weighted by atomic mass is 35.5. The maximum absolute atomic E-state index is 11.0. The van der Waals surface area contributed by atoms with E-state index >= 15 is 0 Å². The number of hydrogen-bond acceptors (Lipinski definition) is 4. The predicted molar refractivity (Wildman–Crippen MR) is 69.6 cm³/mol. The molecule has 0 bridgehead atoms. The summed E-state index contributed by atoms with van der Waals surface area (Å²) in [5, 5.41) is 9.84. The molecule has 1 aromatic heterocycles. The minimum atomic E-state index is -1.21. The lowest BCUT2D eigenvalue weighted by Crippen LogP contribution is -2.00. The lowest BCUT2D eigenvalue weighted by Gasteiger charge is -1.97. The van der Waals surface area contributed by atoms with Gasteiger partial charge in [0.15, 0.2) is 0 Å². The Hall–Kier alpha value is -1.56. The summed E-state index contributed by atoms with van der Waals surface area (Å²) in [5.41, 5.74) is 0.712. The first-order chi connectivity index (χ1) is 9.01. The van der Waals surface area contributed by atoms with Crippen LogP contribution in [0.25, 0.3) is 11.5 Å². The van der Waals surface area contributed by atoms with Crippen molar-refractivity contribution in [2.24, 2.45) is 0 Å². The van der Waals surface area contributed by atoms with E-state index in [1.54, 1.807) is 18.2 Å². The average molecular weight is 302 g/mol. The number of carboxylic acids is 1. The predicted octanol–water partition coefficient (Wildman–Crippen LogP) is 3.49. The van der Waals surface area contributed by atoms with Crippen molar-refractivity contribution in [3.63, 3.8) is 0 Å². The first-order valence-electron chi connectivity index (χ1n) is 5.19. The summed E-state index contributed by atoms with van der Waals surface area (Å²) in [6, 6.07) is 4.73. The van der Waals surface area contributed by atoms with Crippen LogP contribution in [-0.2, 0) is 11.3 Å². The minimum Gasteiger partial charge on any atom is -0.475 e. The van der Waals surface area contributed by atoms with Gasteiger partial charge >= 0.3 is 5.97 Å². The fourth-order valence-corrected chi connectivity index (χ4v) is 2.08. The number of methoxy groups -OCH3 is 1. The van der Waals surface area contributed by atoms with Crippen LogP contribution in [-0.4, -0.2) is 23.2 Å². The van der Waals surface area contributed by atoms with E-state index in [9.17, 15) is 4.79 Å². The Kier molecular flexibility index (Phi) is 4.09. The molecule has 0 radical (unpaired) electrons. The third kappa shape index (κ3) is 3.07. The number of ether oxygens (including phenoxy) is 1. The molecule has 0 unspecified atom stereocenters. The first-order valence-corrected chi connectivity index (χ1v) is 5.95. The van der Waals surface area contributed by atoms with Gasteiger partial charge in [0.25, 0.3) is 0 Å². The van der Waals surface area contributed by atoms with Crippen molar-refractivity contribution < 1.29 is 19.1 Å². The lowest BCUT2D eigenvalue weighted by molar-refractivity contribution is 0.0656. The summed E-state index contributed by atoms with van der Waals surface area (Å²) in [5.74, 6) is -1.33. The van der Waals surface area contributed by atoms with Crippen molar-refractivity contribution in [1.29, 1.82) is 0 Å². The van der Waals surface area contributed by atoms with Gasteiger partial charge < -0.3 is 14.3 Å². The fourth-order valence-electron chi connectivity index (χ4n) is 1.55. The van der Waals surface area contributed by atoms with Gasteiger partial charge in [-0.3, -0.25) is 0 Å². The van der Waals surface area contributed by atoms with Gasteiger partial charge in [-0.2, -0.15) is 0 Å². The maximum Gasteiger partial charge on any atom is 0.373 e. The van der Waals surface area contributed by atoms with Crippen molar-refractivity contribution in [1.82, 2.24) is 4.98 Å². The molecule has 0 aliphatic carbocycles. The summed E-state index contributed by atoms with van der Waals surface area (Å²) in [6.45, 7) is 0.0411. The number of rotatable bonds is 4. The first kappa shape index (κ1) is 13.9. The molecule has 5 nitrogen and oxygen atoms in total. The second-order valence-electron chi connectivity index (χ2n) is 3.69. The van der Waals surface area contributed by atoms with E-state index in [-0.39, 0.29) is 24.0 Å². The molecule has 0 amide bonds. The maximum atomic E-state index is 11.0. The zero-order chi connectivity index (χ0) is 14.0. The molecule has 0 aliphatic rings. The molecular formula is C12H9Cl2NO4. The van der Waals surface area contributed by atoms with Crippen molar-refractivity contribution in [2.45, 2.75) is 6.61 Å². The van der Waals surface area contributed by atoms with E-state index in [0.717, 1.165) is 0 Å². The van der Waals surface area contributed by atoms with Crippen LogP contribution in [0, 0.1) is 0 Å². The Morgan fingerprint density at radius 3 is 2.53 bits per heavy atom. The Morgan fingerprint density at radius 2 is 2.00 bits per heavy atom. The number of benzene rings is 1. The third-order valence-electron chi connectivity index (χ3n) is 2.28. The Bertz CT molecular complexity index is 604. The quantitative estimate of drug-likeness (QED) is 0.936. The Labute approximate surface area is 118 Å². The number of aromatic carboxylic acids is 1. The zero-order valence-electron chi connectivity index (χ0n) is 9.81. The molecule has 2 aromatic rings. The summed E-state index contributed by atoms with van der Waals surface area (Å²) >= 11 is 11.8. The number of halogens is 2. The van der Waals surface area contributed by atoms with Crippen LogP contribution in [0.5, 0.6) is 0 Å². The molecule has 1 heterocycles. The Balaban J connectivity index is 2.50. The summed E-state index contributed by atoms with van der Waals surface area (Å²) in [6.07, 6.45) is 0. The van der Waals surface area contributed by atoms with E-state index in [1.165, 1.54) is 7.11 Å². The van der Waals surface area contributed by atoms with Crippen molar-refractivity contribution in [3.05, 3.63) is 39.7 Å². The molecule has 0 saturated carbocycles. The van der Waals surface area contributed by atoms with Crippen LogP contribution in [0.3, 0.4) is 0 Å². The molecule has 0 atom stereocenters. The van der Waals surface area contributed by atoms with Crippen LogP contribution in [0.15, 0.2) is 22.6 Å². The number of oxazole rings is 1. The fraction of sp³-hybridized carbons (Fsp3) is 0.167. The average Bonchev–Trinajstić information content (AvgIpc) is 2.72. The minimum absolute atomic E-state index is 0.0411. The molecule has 7 heteroatoms. The normalized spacial score (nSPS) is 10.7. The molecule has 0 spiro atoms. The molecule has 2 rings (SSSR count). The number of aromatic nitrogens is 1. The largest absolute Gasteiger partial charge is 0.475 e. The molecule has 0 fully saturated rings. The van der Waals surface area contributed by atoms with Crippen LogP contribution in [0.2, 0.25) is 10.0 Å². The highest BCUT2D eigenvalue weighted by molar-refractivity contribution is 6.35. The molecule has 0 saturated heterocycles. The molecule has 19 heavy (non-hydrogen) atoms.